The molecule has 1 aliphatic carbocycles. The lowest BCUT2D eigenvalue weighted by Crippen LogP contribution is -2.14. The number of hydrogen-bond acceptors (Lipinski definition) is 6. The number of rotatable bonds is 9. The Morgan fingerprint density at radius 1 is 1.08 bits per heavy atom. The number of nitriles is 1. The van der Waals surface area contributed by atoms with Gasteiger partial charge in [0, 0.05) is 17.3 Å². The molecule has 1 saturated carbocycles. The van der Waals surface area contributed by atoms with Crippen LogP contribution in [0.25, 0.3) is 10.9 Å². The molecule has 8 heteroatoms. The number of aromatic nitrogens is 4. The zero-order chi connectivity index (χ0) is 27.7. The van der Waals surface area contributed by atoms with E-state index in [4.69, 9.17) is 11.6 Å². The van der Waals surface area contributed by atoms with E-state index in [9.17, 15) is 6.63 Å². The zero-order valence-electron chi connectivity index (χ0n) is 22.5. The minimum Gasteiger partial charge on any atom is -0.377 e. The molecule has 2 unspecified atom stereocenters. The third-order valence-electron chi connectivity index (χ3n) is 6.99. The van der Waals surface area contributed by atoms with Crippen LogP contribution in [0.15, 0.2) is 85.2 Å². The lowest BCUT2D eigenvalue weighted by atomic mass is 10.0. The molecule has 2 N–H and O–H groups in total. The minimum atomic E-state index is -1.44. The van der Waals surface area contributed by atoms with E-state index in [2.05, 4.69) is 51.1 Å². The first-order chi connectivity index (χ1) is 19.5. The van der Waals surface area contributed by atoms with Gasteiger partial charge in [-0.3, -0.25) is 4.98 Å². The number of benzene rings is 3. The zero-order valence-corrected chi connectivity index (χ0v) is 22.2. The quantitative estimate of drug-likeness (QED) is 0.204. The van der Waals surface area contributed by atoms with Crippen molar-refractivity contribution < 1.29 is 1.37 Å². The fraction of sp³-hybridized carbons (Fsp3) is 0.226. The molecule has 2 heterocycles. The molecule has 2 aromatic heterocycles. The molecule has 0 amide bonds. The van der Waals surface area contributed by atoms with Gasteiger partial charge in [0.2, 0.25) is 0 Å². The van der Waals surface area contributed by atoms with Gasteiger partial charge in [-0.1, -0.05) is 84.4 Å². The van der Waals surface area contributed by atoms with Crippen LogP contribution in [0.2, 0.25) is 5.02 Å². The van der Waals surface area contributed by atoms with E-state index in [0.29, 0.717) is 50.2 Å². The van der Waals surface area contributed by atoms with Crippen LogP contribution < -0.4 is 10.6 Å². The Balaban J connectivity index is 1.45. The van der Waals surface area contributed by atoms with Crippen LogP contribution in [0.4, 0.5) is 11.4 Å². The number of fused-ring (bicyclic) bond motifs is 1. The summed E-state index contributed by atoms with van der Waals surface area (Å²) in [4.78, 5) is 4.51. The summed E-state index contributed by atoms with van der Waals surface area (Å²) in [6.07, 6.45) is 6.35. The van der Waals surface area contributed by atoms with E-state index in [-0.39, 0.29) is 6.04 Å². The van der Waals surface area contributed by atoms with Crippen LogP contribution >= 0.6 is 11.6 Å². The third-order valence-corrected chi connectivity index (χ3v) is 7.28. The third kappa shape index (κ3) is 5.16. The molecule has 0 aliphatic heterocycles. The highest BCUT2D eigenvalue weighted by atomic mass is 35.5. The Morgan fingerprint density at radius 2 is 1.79 bits per heavy atom. The van der Waals surface area contributed by atoms with E-state index in [0.717, 1.165) is 24.8 Å². The standard InChI is InChI=1S/C31H28ClN7/c1-2-27(20-9-5-3-6-10-20)36-29-22(17-33)18-34-31-25(29)15-23(16-26(31)32)35-30(21-11-7-4-8-12-21)28-19-39(38-37-28)24-13-14-24/h3-12,15-16,18-19,24,27,30,35H,2,13-14H2,1H3,(H,34,36)/i30D. The summed E-state index contributed by atoms with van der Waals surface area (Å²) in [6, 6.07) is 24.5. The Kier molecular flexibility index (Phi) is 6.53. The minimum absolute atomic E-state index is 0.0219. The summed E-state index contributed by atoms with van der Waals surface area (Å²) < 4.78 is 11.5. The van der Waals surface area contributed by atoms with Crippen LogP contribution in [-0.2, 0) is 0 Å². The summed E-state index contributed by atoms with van der Waals surface area (Å²) in [7, 11) is 0. The molecule has 0 radical (unpaired) electrons. The van der Waals surface area contributed by atoms with Gasteiger partial charge in [-0.2, -0.15) is 5.26 Å². The molecule has 39 heavy (non-hydrogen) atoms. The smallest absolute Gasteiger partial charge is 0.109 e. The maximum absolute atomic E-state index is 9.98. The maximum Gasteiger partial charge on any atom is 0.109 e. The van der Waals surface area contributed by atoms with Gasteiger partial charge in [0.05, 0.1) is 47.5 Å². The molecule has 7 nitrogen and oxygen atoms in total. The second kappa shape index (κ2) is 10.8. The van der Waals surface area contributed by atoms with E-state index in [1.165, 1.54) is 0 Å². The van der Waals surface area contributed by atoms with Crippen LogP contribution in [0.5, 0.6) is 0 Å². The molecule has 3 aromatic carbocycles. The topological polar surface area (TPSA) is 91.5 Å². The lowest BCUT2D eigenvalue weighted by molar-refractivity contribution is 0.610. The van der Waals surface area contributed by atoms with Crippen molar-refractivity contribution in [2.45, 2.75) is 44.3 Å². The average Bonchev–Trinajstić information content (AvgIpc) is 3.72. The molecular weight excluding hydrogens is 506 g/mol. The first-order valence-corrected chi connectivity index (χ1v) is 13.5. The summed E-state index contributed by atoms with van der Waals surface area (Å²) in [6.45, 7) is 2.10. The van der Waals surface area contributed by atoms with E-state index in [1.54, 1.807) is 12.3 Å². The van der Waals surface area contributed by atoms with Crippen molar-refractivity contribution in [1.82, 2.24) is 20.0 Å². The van der Waals surface area contributed by atoms with Gasteiger partial charge in [-0.05, 0) is 42.5 Å². The Bertz CT molecular complexity index is 1700. The first-order valence-electron chi connectivity index (χ1n) is 13.6. The number of hydrogen-bond donors (Lipinski definition) is 2. The SMILES string of the molecule is [2H]C(Nc1cc(Cl)c2ncc(C#N)c(NC(CC)c3ccccc3)c2c1)(c1ccccc1)c1cn(C2CC2)nn1. The van der Waals surface area contributed by atoms with E-state index >= 15 is 0 Å². The monoisotopic (exact) mass is 534 g/mol. The summed E-state index contributed by atoms with van der Waals surface area (Å²) in [5, 5.41) is 26.8. The van der Waals surface area contributed by atoms with Crippen LogP contribution in [-0.4, -0.2) is 20.0 Å². The summed E-state index contributed by atoms with van der Waals surface area (Å²) in [5.41, 5.74) is 4.57. The van der Waals surface area contributed by atoms with Gasteiger partial charge in [0.15, 0.2) is 0 Å². The maximum atomic E-state index is 9.98. The highest BCUT2D eigenvalue weighted by Crippen LogP contribution is 2.38. The molecule has 5 aromatic rings. The number of halogens is 1. The van der Waals surface area contributed by atoms with Crippen LogP contribution in [0.3, 0.4) is 0 Å². The highest BCUT2D eigenvalue weighted by molar-refractivity contribution is 6.35. The predicted octanol–water partition coefficient (Wildman–Crippen LogP) is 7.45. The number of nitrogens with zero attached hydrogens (tertiary/aromatic N) is 5. The molecule has 0 bridgehead atoms. The first kappa shape index (κ1) is 23.7. The van der Waals surface area contributed by atoms with E-state index in [1.807, 2.05) is 65.5 Å². The molecule has 1 fully saturated rings. The Morgan fingerprint density at radius 3 is 2.46 bits per heavy atom. The van der Waals surface area contributed by atoms with Crippen molar-refractivity contribution in [3.05, 3.63) is 113 Å². The normalized spacial score (nSPS) is 15.7. The van der Waals surface area contributed by atoms with Crippen molar-refractivity contribution in [3.8, 4) is 6.07 Å². The van der Waals surface area contributed by atoms with Crippen LogP contribution in [0.1, 0.15) is 68.0 Å². The lowest BCUT2D eigenvalue weighted by Gasteiger charge is -2.22. The second-order valence-electron chi connectivity index (χ2n) is 9.71. The van der Waals surface area contributed by atoms with Crippen molar-refractivity contribution >= 4 is 33.9 Å². The van der Waals surface area contributed by atoms with Crippen molar-refractivity contribution in [2.75, 3.05) is 10.6 Å². The Hall–Kier alpha value is -4.41. The van der Waals surface area contributed by atoms with Crippen molar-refractivity contribution in [3.63, 3.8) is 0 Å². The summed E-state index contributed by atoms with van der Waals surface area (Å²) >= 11 is 6.79. The number of pyridine rings is 1. The van der Waals surface area contributed by atoms with Gasteiger partial charge in [-0.15, -0.1) is 5.10 Å². The second-order valence-corrected chi connectivity index (χ2v) is 10.1. The van der Waals surface area contributed by atoms with E-state index < -0.39 is 6.02 Å². The molecular formula is C31H28ClN7. The van der Waals surface area contributed by atoms with Gasteiger partial charge in [-0.25, -0.2) is 4.68 Å². The van der Waals surface area contributed by atoms with Crippen molar-refractivity contribution in [1.29, 1.82) is 5.26 Å². The highest BCUT2D eigenvalue weighted by Gasteiger charge is 2.27. The van der Waals surface area contributed by atoms with Gasteiger partial charge in [0.1, 0.15) is 11.8 Å². The van der Waals surface area contributed by atoms with Crippen LogP contribution in [0, 0.1) is 11.3 Å². The van der Waals surface area contributed by atoms with Gasteiger partial charge < -0.3 is 10.6 Å². The number of nitrogens with one attached hydrogen (secondary N) is 2. The fourth-order valence-corrected chi connectivity index (χ4v) is 5.06. The molecule has 0 spiro atoms. The van der Waals surface area contributed by atoms with Gasteiger partial charge in [0.25, 0.3) is 0 Å². The largest absolute Gasteiger partial charge is 0.377 e. The van der Waals surface area contributed by atoms with Gasteiger partial charge >= 0.3 is 0 Å². The van der Waals surface area contributed by atoms with Crippen molar-refractivity contribution in [2.24, 2.45) is 0 Å². The fourth-order valence-electron chi connectivity index (χ4n) is 4.79. The molecule has 2 atom stereocenters. The number of anilines is 2. The predicted molar refractivity (Wildman–Crippen MR) is 155 cm³/mol. The average molecular weight is 535 g/mol. The molecule has 0 saturated heterocycles. The molecule has 1 aliphatic rings. The molecule has 194 valence electrons. The summed E-state index contributed by atoms with van der Waals surface area (Å²) in [5.74, 6) is 0. The molecule has 6 rings (SSSR count). The Labute approximate surface area is 233 Å².